The number of nitrogens with one attached hydrogen (secondary N) is 1. The van der Waals surface area contributed by atoms with E-state index < -0.39 is 0 Å². The Morgan fingerprint density at radius 2 is 2.07 bits per heavy atom. The third-order valence-electron chi connectivity index (χ3n) is 2.71. The van der Waals surface area contributed by atoms with Crippen molar-refractivity contribution in [1.29, 1.82) is 0 Å². The van der Waals surface area contributed by atoms with Crippen molar-refractivity contribution in [2.24, 2.45) is 0 Å². The second kappa shape index (κ2) is 4.49. The first-order valence-electron chi connectivity index (χ1n) is 5.44. The van der Waals surface area contributed by atoms with Crippen molar-refractivity contribution in [3.63, 3.8) is 0 Å². The molecule has 2 nitrogen and oxygen atoms in total. The van der Waals surface area contributed by atoms with Crippen LogP contribution in [0.3, 0.4) is 0 Å². The molecular weight excluding hydrogens is 184 g/mol. The summed E-state index contributed by atoms with van der Waals surface area (Å²) >= 11 is 0. The molecule has 0 aliphatic carbocycles. The second-order valence-electron chi connectivity index (χ2n) is 4.27. The van der Waals surface area contributed by atoms with Gasteiger partial charge in [-0.1, -0.05) is 24.3 Å². The van der Waals surface area contributed by atoms with Crippen molar-refractivity contribution in [2.45, 2.75) is 12.8 Å². The number of nitrogens with zero attached hydrogens (tertiary/aromatic N) is 1. The van der Waals surface area contributed by atoms with Crippen molar-refractivity contribution in [1.82, 2.24) is 4.90 Å². The molecule has 1 aromatic rings. The van der Waals surface area contributed by atoms with E-state index in [4.69, 9.17) is 0 Å². The number of anilines is 1. The van der Waals surface area contributed by atoms with Gasteiger partial charge in [-0.05, 0) is 38.6 Å². The maximum absolute atomic E-state index is 3.49. The van der Waals surface area contributed by atoms with Crippen LogP contribution in [0.5, 0.6) is 0 Å². The van der Waals surface area contributed by atoms with E-state index in [1.54, 1.807) is 0 Å². The Morgan fingerprint density at radius 1 is 1.27 bits per heavy atom. The van der Waals surface area contributed by atoms with Gasteiger partial charge in [0, 0.05) is 17.9 Å². The van der Waals surface area contributed by atoms with Gasteiger partial charge in [-0.15, -0.1) is 0 Å². The van der Waals surface area contributed by atoms with Crippen molar-refractivity contribution >= 4 is 5.69 Å². The molecule has 0 saturated heterocycles. The molecule has 0 aromatic heterocycles. The van der Waals surface area contributed by atoms with Crippen molar-refractivity contribution in [3.8, 4) is 0 Å². The van der Waals surface area contributed by atoms with Crippen LogP contribution in [0.2, 0.25) is 0 Å². The Morgan fingerprint density at radius 3 is 2.87 bits per heavy atom. The lowest BCUT2D eigenvalue weighted by Crippen LogP contribution is -2.17. The zero-order chi connectivity index (χ0) is 10.7. The van der Waals surface area contributed by atoms with E-state index in [1.807, 2.05) is 0 Å². The molecule has 0 atom stereocenters. The van der Waals surface area contributed by atoms with Gasteiger partial charge in [0.05, 0.1) is 0 Å². The molecule has 0 bridgehead atoms. The summed E-state index contributed by atoms with van der Waals surface area (Å²) in [5.41, 5.74) is 4.02. The Hall–Kier alpha value is -1.28. The highest BCUT2D eigenvalue weighted by Gasteiger charge is 2.08. The summed E-state index contributed by atoms with van der Waals surface area (Å²) in [6, 6.07) is 8.51. The van der Waals surface area contributed by atoms with Crippen LogP contribution in [-0.4, -0.2) is 25.5 Å². The number of hydrogen-bond donors (Lipinski definition) is 1. The molecule has 0 amide bonds. The van der Waals surface area contributed by atoms with E-state index in [9.17, 15) is 0 Å². The number of para-hydroxylation sites is 1. The van der Waals surface area contributed by atoms with Crippen LogP contribution >= 0.6 is 0 Å². The average molecular weight is 202 g/mol. The minimum absolute atomic E-state index is 1.06. The molecule has 0 fully saturated rings. The monoisotopic (exact) mass is 202 g/mol. The third-order valence-corrected chi connectivity index (χ3v) is 2.71. The SMILES string of the molecule is CN(C)CCC1=CCc2ccccc2N1. The molecule has 2 rings (SSSR count). The lowest BCUT2D eigenvalue weighted by atomic mass is 10.0. The number of hydrogen-bond acceptors (Lipinski definition) is 2. The first-order chi connectivity index (χ1) is 7.25. The summed E-state index contributed by atoms with van der Waals surface area (Å²) in [6.07, 6.45) is 4.46. The molecule has 1 N–H and O–H groups in total. The highest BCUT2D eigenvalue weighted by Crippen LogP contribution is 2.23. The predicted octanol–water partition coefficient (Wildman–Crippen LogP) is 2.49. The summed E-state index contributed by atoms with van der Waals surface area (Å²) in [4.78, 5) is 2.21. The Labute approximate surface area is 91.6 Å². The van der Waals surface area contributed by atoms with Gasteiger partial charge in [0.1, 0.15) is 0 Å². The summed E-state index contributed by atoms with van der Waals surface area (Å²) < 4.78 is 0. The van der Waals surface area contributed by atoms with Crippen LogP contribution < -0.4 is 5.32 Å². The maximum Gasteiger partial charge on any atom is 0.0417 e. The first kappa shape index (κ1) is 10.2. The second-order valence-corrected chi connectivity index (χ2v) is 4.27. The highest BCUT2D eigenvalue weighted by atomic mass is 15.1. The summed E-state index contributed by atoms with van der Waals surface area (Å²) in [7, 11) is 4.22. The number of allylic oxidation sites excluding steroid dienone is 1. The number of fused-ring (bicyclic) bond motifs is 1. The average Bonchev–Trinajstić information content (AvgIpc) is 2.26. The molecule has 0 radical (unpaired) electrons. The van der Waals surface area contributed by atoms with Gasteiger partial charge in [-0.25, -0.2) is 0 Å². The van der Waals surface area contributed by atoms with E-state index in [1.165, 1.54) is 16.9 Å². The molecule has 1 heterocycles. The van der Waals surface area contributed by atoms with Crippen molar-refractivity contribution < 1.29 is 0 Å². The molecule has 1 aliphatic rings. The molecular formula is C13H18N2. The van der Waals surface area contributed by atoms with Crippen molar-refractivity contribution in [2.75, 3.05) is 26.0 Å². The molecule has 0 saturated carbocycles. The summed E-state index contributed by atoms with van der Waals surface area (Å²) in [5, 5.41) is 3.49. The Balaban J connectivity index is 2.00. The predicted molar refractivity (Wildman–Crippen MR) is 65.0 cm³/mol. The minimum atomic E-state index is 1.06. The quantitative estimate of drug-likeness (QED) is 0.810. The van der Waals surface area contributed by atoms with Crippen LogP contribution in [0.25, 0.3) is 0 Å². The van der Waals surface area contributed by atoms with E-state index in [0.717, 1.165) is 19.4 Å². The fraction of sp³-hybridized carbons (Fsp3) is 0.385. The number of rotatable bonds is 3. The molecule has 15 heavy (non-hydrogen) atoms. The largest absolute Gasteiger partial charge is 0.359 e. The van der Waals surface area contributed by atoms with E-state index in [2.05, 4.69) is 54.7 Å². The highest BCUT2D eigenvalue weighted by molar-refractivity contribution is 5.58. The lowest BCUT2D eigenvalue weighted by molar-refractivity contribution is 0.413. The van der Waals surface area contributed by atoms with Gasteiger partial charge in [0.15, 0.2) is 0 Å². The van der Waals surface area contributed by atoms with E-state index in [-0.39, 0.29) is 0 Å². The third kappa shape index (κ3) is 2.60. The van der Waals surface area contributed by atoms with Gasteiger partial charge in [0.2, 0.25) is 0 Å². The van der Waals surface area contributed by atoms with Crippen molar-refractivity contribution in [3.05, 3.63) is 41.6 Å². The lowest BCUT2D eigenvalue weighted by Gasteiger charge is -2.20. The van der Waals surface area contributed by atoms with Gasteiger partial charge < -0.3 is 10.2 Å². The minimum Gasteiger partial charge on any atom is -0.359 e. The zero-order valence-electron chi connectivity index (χ0n) is 9.46. The standard InChI is InChI=1S/C13H18N2/c1-15(2)10-9-12-8-7-11-5-3-4-6-13(11)14-12/h3-6,8,14H,7,9-10H2,1-2H3. The Bertz CT molecular complexity index is 367. The van der Waals surface area contributed by atoms with Crippen LogP contribution in [0.4, 0.5) is 5.69 Å². The van der Waals surface area contributed by atoms with E-state index >= 15 is 0 Å². The van der Waals surface area contributed by atoms with Gasteiger partial charge in [0.25, 0.3) is 0 Å². The van der Waals surface area contributed by atoms with Crippen LogP contribution in [-0.2, 0) is 6.42 Å². The van der Waals surface area contributed by atoms with Crippen LogP contribution in [0, 0.1) is 0 Å². The molecule has 80 valence electrons. The summed E-state index contributed by atoms with van der Waals surface area (Å²) in [5.74, 6) is 0. The molecule has 1 aliphatic heterocycles. The fourth-order valence-electron chi connectivity index (χ4n) is 1.79. The van der Waals surface area contributed by atoms with Crippen LogP contribution in [0.1, 0.15) is 12.0 Å². The fourth-order valence-corrected chi connectivity index (χ4v) is 1.79. The van der Waals surface area contributed by atoms with Crippen LogP contribution in [0.15, 0.2) is 36.0 Å². The first-order valence-corrected chi connectivity index (χ1v) is 5.44. The maximum atomic E-state index is 3.49. The molecule has 1 aromatic carbocycles. The van der Waals surface area contributed by atoms with Gasteiger partial charge in [-0.2, -0.15) is 0 Å². The van der Waals surface area contributed by atoms with Gasteiger partial charge >= 0.3 is 0 Å². The molecule has 2 heteroatoms. The molecule has 0 unspecified atom stereocenters. The summed E-state index contributed by atoms with van der Waals surface area (Å²) in [6.45, 7) is 1.10. The van der Waals surface area contributed by atoms with E-state index in [0.29, 0.717) is 0 Å². The normalized spacial score (nSPS) is 14.5. The smallest absolute Gasteiger partial charge is 0.0417 e. The Kier molecular flexibility index (Phi) is 3.07. The van der Waals surface area contributed by atoms with Gasteiger partial charge in [-0.3, -0.25) is 0 Å². The molecule has 0 spiro atoms. The number of benzene rings is 1. The zero-order valence-corrected chi connectivity index (χ0v) is 9.46. The topological polar surface area (TPSA) is 15.3 Å².